The minimum Gasteiger partial charge on any atom is -0.497 e. The summed E-state index contributed by atoms with van der Waals surface area (Å²) in [5.41, 5.74) is 1.88. The third kappa shape index (κ3) is 4.55. The summed E-state index contributed by atoms with van der Waals surface area (Å²) in [7, 11) is 4.81. The molecule has 2 N–H and O–H groups in total. The van der Waals surface area contributed by atoms with E-state index in [4.69, 9.17) is 18.9 Å². The summed E-state index contributed by atoms with van der Waals surface area (Å²) in [5.74, 6) is 2.97. The smallest absolute Gasteiger partial charge is 0.315 e. The first-order valence-electron chi connectivity index (χ1n) is 8.68. The average molecular weight is 372 g/mol. The van der Waals surface area contributed by atoms with Crippen LogP contribution in [-0.4, -0.2) is 40.0 Å². The molecule has 144 valence electrons. The lowest BCUT2D eigenvalue weighted by molar-refractivity contribution is 0.214. The van der Waals surface area contributed by atoms with Gasteiger partial charge in [0.1, 0.15) is 29.6 Å². The molecular formula is C20H24N2O5. The molecule has 0 radical (unpaired) electrons. The second kappa shape index (κ2) is 8.53. The van der Waals surface area contributed by atoms with Crippen LogP contribution >= 0.6 is 0 Å². The van der Waals surface area contributed by atoms with Gasteiger partial charge in [-0.1, -0.05) is 0 Å². The number of rotatable bonds is 6. The molecule has 27 heavy (non-hydrogen) atoms. The molecule has 0 bridgehead atoms. The maximum Gasteiger partial charge on any atom is 0.315 e. The summed E-state index contributed by atoms with van der Waals surface area (Å²) in [5, 5.41) is 5.80. The van der Waals surface area contributed by atoms with E-state index in [1.165, 1.54) is 0 Å². The van der Waals surface area contributed by atoms with E-state index in [0.717, 1.165) is 22.6 Å². The van der Waals surface area contributed by atoms with Crippen molar-refractivity contribution in [3.05, 3.63) is 47.5 Å². The summed E-state index contributed by atoms with van der Waals surface area (Å²) in [6, 6.07) is 10.8. The van der Waals surface area contributed by atoms with Gasteiger partial charge in [0.2, 0.25) is 0 Å². The Kier molecular flexibility index (Phi) is 5.90. The van der Waals surface area contributed by atoms with E-state index >= 15 is 0 Å². The van der Waals surface area contributed by atoms with Gasteiger partial charge in [-0.2, -0.15) is 0 Å². The summed E-state index contributed by atoms with van der Waals surface area (Å²) < 4.78 is 21.5. The molecule has 2 amide bonds. The Balaban J connectivity index is 1.55. The van der Waals surface area contributed by atoms with Gasteiger partial charge in [0.15, 0.2) is 0 Å². The van der Waals surface area contributed by atoms with E-state index in [0.29, 0.717) is 31.1 Å². The van der Waals surface area contributed by atoms with Gasteiger partial charge in [-0.15, -0.1) is 0 Å². The van der Waals surface area contributed by atoms with Gasteiger partial charge in [-0.3, -0.25) is 0 Å². The lowest BCUT2D eigenvalue weighted by atomic mass is 10.0. The van der Waals surface area contributed by atoms with Crippen molar-refractivity contribution in [1.29, 1.82) is 0 Å². The Morgan fingerprint density at radius 3 is 2.56 bits per heavy atom. The number of ether oxygens (including phenoxy) is 4. The molecule has 0 fully saturated rings. The predicted octanol–water partition coefficient (Wildman–Crippen LogP) is 2.52. The quantitative estimate of drug-likeness (QED) is 0.815. The molecule has 1 aliphatic heterocycles. The van der Waals surface area contributed by atoms with Crippen LogP contribution in [0.25, 0.3) is 0 Å². The number of methoxy groups -OCH3 is 3. The van der Waals surface area contributed by atoms with E-state index < -0.39 is 0 Å². The molecule has 7 nitrogen and oxygen atoms in total. The van der Waals surface area contributed by atoms with Gasteiger partial charge in [0.05, 0.1) is 27.4 Å². The van der Waals surface area contributed by atoms with Crippen LogP contribution in [0.4, 0.5) is 4.79 Å². The fraction of sp³-hybridized carbons (Fsp3) is 0.350. The first-order valence-corrected chi connectivity index (χ1v) is 8.68. The van der Waals surface area contributed by atoms with Gasteiger partial charge >= 0.3 is 6.03 Å². The number of hydrogen-bond acceptors (Lipinski definition) is 5. The SMILES string of the molecule is COc1ccc2c(c1)CC(NC(=O)NCc1ccc(OC)cc1OC)CO2. The highest BCUT2D eigenvalue weighted by Crippen LogP contribution is 2.28. The molecule has 1 atom stereocenters. The number of benzene rings is 2. The van der Waals surface area contributed by atoms with E-state index in [1.54, 1.807) is 27.4 Å². The molecule has 2 aromatic carbocycles. The molecular weight excluding hydrogens is 348 g/mol. The Labute approximate surface area is 158 Å². The van der Waals surface area contributed by atoms with E-state index in [-0.39, 0.29) is 12.1 Å². The lowest BCUT2D eigenvalue weighted by Gasteiger charge is -2.26. The first kappa shape index (κ1) is 18.7. The minimum absolute atomic E-state index is 0.109. The third-order valence-corrected chi connectivity index (χ3v) is 4.44. The highest BCUT2D eigenvalue weighted by atomic mass is 16.5. The maximum absolute atomic E-state index is 12.3. The average Bonchev–Trinajstić information content (AvgIpc) is 2.71. The third-order valence-electron chi connectivity index (χ3n) is 4.44. The number of carbonyl (C=O) groups excluding carboxylic acids is 1. The topological polar surface area (TPSA) is 78.1 Å². The van der Waals surface area contributed by atoms with E-state index in [1.807, 2.05) is 30.3 Å². The van der Waals surface area contributed by atoms with Gasteiger partial charge in [-0.25, -0.2) is 4.79 Å². The fourth-order valence-electron chi connectivity index (χ4n) is 3.00. The van der Waals surface area contributed by atoms with Gasteiger partial charge < -0.3 is 29.6 Å². The van der Waals surface area contributed by atoms with E-state index in [2.05, 4.69) is 10.6 Å². The van der Waals surface area contributed by atoms with Crippen molar-refractivity contribution in [2.24, 2.45) is 0 Å². The van der Waals surface area contributed by atoms with Crippen LogP contribution < -0.4 is 29.6 Å². The largest absolute Gasteiger partial charge is 0.497 e. The molecule has 1 aliphatic rings. The molecule has 1 heterocycles. The molecule has 0 aromatic heterocycles. The number of fused-ring (bicyclic) bond motifs is 1. The van der Waals surface area contributed by atoms with E-state index in [9.17, 15) is 4.79 Å². The van der Waals surface area contributed by atoms with Crippen LogP contribution in [0.5, 0.6) is 23.0 Å². The van der Waals surface area contributed by atoms with Crippen LogP contribution in [0.1, 0.15) is 11.1 Å². The summed E-state index contributed by atoms with van der Waals surface area (Å²) >= 11 is 0. The summed E-state index contributed by atoms with van der Waals surface area (Å²) in [6.45, 7) is 0.773. The Bertz CT molecular complexity index is 809. The van der Waals surface area contributed by atoms with Crippen LogP contribution in [0.3, 0.4) is 0 Å². The number of hydrogen-bond donors (Lipinski definition) is 2. The monoisotopic (exact) mass is 372 g/mol. The second-order valence-electron chi connectivity index (χ2n) is 6.19. The summed E-state index contributed by atoms with van der Waals surface area (Å²) in [6.07, 6.45) is 0.686. The molecule has 0 saturated carbocycles. The van der Waals surface area contributed by atoms with Crippen LogP contribution in [0, 0.1) is 0 Å². The number of carbonyl (C=O) groups is 1. The normalized spacial score (nSPS) is 15.1. The molecule has 2 aromatic rings. The zero-order valence-electron chi connectivity index (χ0n) is 15.7. The number of nitrogens with one attached hydrogen (secondary N) is 2. The highest BCUT2D eigenvalue weighted by Gasteiger charge is 2.22. The van der Waals surface area contributed by atoms with Crippen molar-refractivity contribution in [3.63, 3.8) is 0 Å². The lowest BCUT2D eigenvalue weighted by Crippen LogP contribution is -2.47. The second-order valence-corrected chi connectivity index (χ2v) is 6.19. The number of urea groups is 1. The Hall–Kier alpha value is -3.09. The van der Waals surface area contributed by atoms with Crippen molar-refractivity contribution in [2.45, 2.75) is 19.0 Å². The maximum atomic E-state index is 12.3. The van der Waals surface area contributed by atoms with Gasteiger partial charge in [0, 0.05) is 18.2 Å². The molecule has 1 unspecified atom stereocenters. The van der Waals surface area contributed by atoms with Gasteiger partial charge in [0.25, 0.3) is 0 Å². The standard InChI is InChI=1S/C20H24N2O5/c1-24-16-6-7-18-14(9-16)8-15(12-27-18)22-20(23)21-11-13-4-5-17(25-2)10-19(13)26-3/h4-7,9-10,15H,8,11-12H2,1-3H3,(H2,21,22,23). The zero-order chi connectivity index (χ0) is 19.2. The van der Waals surface area contributed by atoms with Crippen molar-refractivity contribution in [2.75, 3.05) is 27.9 Å². The molecule has 0 aliphatic carbocycles. The van der Waals surface area contributed by atoms with Crippen LogP contribution in [0.15, 0.2) is 36.4 Å². The van der Waals surface area contributed by atoms with Crippen molar-refractivity contribution in [1.82, 2.24) is 10.6 Å². The van der Waals surface area contributed by atoms with Crippen LogP contribution in [0.2, 0.25) is 0 Å². The first-order chi connectivity index (χ1) is 13.1. The highest BCUT2D eigenvalue weighted by molar-refractivity contribution is 5.74. The summed E-state index contributed by atoms with van der Waals surface area (Å²) in [4.78, 5) is 12.3. The Morgan fingerprint density at radius 2 is 1.81 bits per heavy atom. The van der Waals surface area contributed by atoms with Crippen molar-refractivity contribution < 1.29 is 23.7 Å². The van der Waals surface area contributed by atoms with Crippen molar-refractivity contribution >= 4 is 6.03 Å². The number of amides is 2. The molecule has 7 heteroatoms. The fourth-order valence-corrected chi connectivity index (χ4v) is 3.00. The predicted molar refractivity (Wildman–Crippen MR) is 101 cm³/mol. The van der Waals surface area contributed by atoms with Crippen molar-refractivity contribution in [3.8, 4) is 23.0 Å². The Morgan fingerprint density at radius 1 is 1.07 bits per heavy atom. The minimum atomic E-state index is -0.257. The molecule has 3 rings (SSSR count). The molecule has 0 saturated heterocycles. The van der Waals surface area contributed by atoms with Crippen LogP contribution in [-0.2, 0) is 13.0 Å². The zero-order valence-corrected chi connectivity index (χ0v) is 15.7. The van der Waals surface area contributed by atoms with Gasteiger partial charge in [-0.05, 0) is 42.3 Å². The molecule has 0 spiro atoms.